The topological polar surface area (TPSA) is 136 Å². The Labute approximate surface area is 295 Å². The van der Waals surface area contributed by atoms with Crippen molar-refractivity contribution in [1.29, 1.82) is 0 Å². The molecule has 8 rings (SSSR count). The monoisotopic (exact) mass is 682 g/mol. The lowest BCUT2D eigenvalue weighted by Crippen LogP contribution is -2.52. The van der Waals surface area contributed by atoms with Crippen LogP contribution < -0.4 is 5.32 Å². The quantitative estimate of drug-likeness (QED) is 0.114. The van der Waals surface area contributed by atoms with Gasteiger partial charge in [-0.3, -0.25) is 19.3 Å². The molecule has 1 amide bonds. The Bertz CT molecular complexity index is 2050. The Balaban J connectivity index is 1.37. The number of aliphatic hydroxyl groups is 1. The Morgan fingerprint density at radius 2 is 1.45 bits per heavy atom. The number of amides is 1. The van der Waals surface area contributed by atoms with E-state index in [-0.39, 0.29) is 5.75 Å². The number of carbonyl (C=O) groups is 3. The van der Waals surface area contributed by atoms with Gasteiger partial charge in [0.15, 0.2) is 0 Å². The van der Waals surface area contributed by atoms with Gasteiger partial charge >= 0.3 is 11.9 Å². The minimum Gasteiger partial charge on any atom is -0.508 e. The molecule has 3 heterocycles. The number of morpholine rings is 1. The van der Waals surface area contributed by atoms with Crippen molar-refractivity contribution < 1.29 is 34.4 Å². The first kappa shape index (κ1) is 32.8. The number of anilines is 1. The number of hydrogen-bond donors (Lipinski definition) is 4. The third kappa shape index (κ3) is 5.38. The number of aliphatic carboxylic acids is 1. The Hall–Kier alpha value is -5.43. The molecular formula is C42H38N2O7. The van der Waals surface area contributed by atoms with Crippen molar-refractivity contribution in [2.24, 2.45) is 5.92 Å². The number of esters is 1. The van der Waals surface area contributed by atoms with Crippen molar-refractivity contribution in [3.05, 3.63) is 131 Å². The summed E-state index contributed by atoms with van der Waals surface area (Å²) in [5, 5.41) is 35.8. The molecule has 4 N–H and O–H groups in total. The largest absolute Gasteiger partial charge is 0.508 e. The third-order valence-electron chi connectivity index (χ3n) is 11.2. The summed E-state index contributed by atoms with van der Waals surface area (Å²) in [5.41, 5.74) is 0.454. The van der Waals surface area contributed by atoms with Gasteiger partial charge < -0.3 is 25.4 Å². The van der Waals surface area contributed by atoms with Gasteiger partial charge in [0.2, 0.25) is 5.91 Å². The number of rotatable bonds is 4. The zero-order valence-electron chi connectivity index (χ0n) is 27.9. The fraction of sp³-hybridized carbons (Fsp3) is 0.310. The van der Waals surface area contributed by atoms with Crippen LogP contribution in [0.3, 0.4) is 0 Å². The van der Waals surface area contributed by atoms with Crippen LogP contribution in [0.15, 0.2) is 103 Å². The van der Waals surface area contributed by atoms with E-state index in [1.54, 1.807) is 30.3 Å². The van der Waals surface area contributed by atoms with E-state index in [9.17, 15) is 29.7 Å². The number of phenolic OH excluding ortho intramolecular Hbond substituents is 1. The van der Waals surface area contributed by atoms with Crippen molar-refractivity contribution >= 4 is 23.5 Å². The number of aromatic hydroxyl groups is 1. The van der Waals surface area contributed by atoms with E-state index in [0.29, 0.717) is 35.2 Å². The zero-order valence-corrected chi connectivity index (χ0v) is 27.9. The minimum absolute atomic E-state index is 0.00207. The summed E-state index contributed by atoms with van der Waals surface area (Å²) in [7, 11) is 0. The fourth-order valence-corrected chi connectivity index (χ4v) is 8.93. The van der Waals surface area contributed by atoms with Crippen molar-refractivity contribution in [1.82, 2.24) is 4.90 Å². The summed E-state index contributed by atoms with van der Waals surface area (Å²) in [6.07, 6.45) is 4.16. The molecule has 4 aromatic rings. The highest BCUT2D eigenvalue weighted by Gasteiger charge is 2.74. The van der Waals surface area contributed by atoms with E-state index >= 15 is 0 Å². The summed E-state index contributed by atoms with van der Waals surface area (Å²) >= 11 is 0. The number of nitrogens with zero attached hydrogens (tertiary/aromatic N) is 1. The van der Waals surface area contributed by atoms with Crippen LogP contribution in [0.2, 0.25) is 0 Å². The lowest BCUT2D eigenvalue weighted by atomic mass is 9.65. The molecule has 6 atom stereocenters. The van der Waals surface area contributed by atoms with Gasteiger partial charge in [0.25, 0.3) is 0 Å². The average Bonchev–Trinajstić information content (AvgIpc) is 3.51. The maximum absolute atomic E-state index is 14.8. The lowest BCUT2D eigenvalue weighted by molar-refractivity contribution is -0.179. The van der Waals surface area contributed by atoms with Crippen LogP contribution in [0, 0.1) is 17.8 Å². The van der Waals surface area contributed by atoms with Gasteiger partial charge in [0.05, 0.1) is 12.1 Å². The molecule has 9 nitrogen and oxygen atoms in total. The van der Waals surface area contributed by atoms with Crippen LogP contribution in [0.25, 0.3) is 0 Å². The summed E-state index contributed by atoms with van der Waals surface area (Å²) in [6.45, 7) is 0. The summed E-state index contributed by atoms with van der Waals surface area (Å²) in [5.74, 6) is 2.07. The molecule has 0 aromatic heterocycles. The molecule has 4 aromatic carbocycles. The van der Waals surface area contributed by atoms with Crippen LogP contribution in [-0.4, -0.2) is 49.7 Å². The molecule has 3 fully saturated rings. The second kappa shape index (κ2) is 12.7. The predicted molar refractivity (Wildman–Crippen MR) is 188 cm³/mol. The van der Waals surface area contributed by atoms with E-state index in [1.807, 2.05) is 65.6 Å². The second-order valence-electron chi connectivity index (χ2n) is 14.1. The molecule has 258 valence electrons. The van der Waals surface area contributed by atoms with Crippen LogP contribution >= 0.6 is 0 Å². The van der Waals surface area contributed by atoms with Gasteiger partial charge in [0.1, 0.15) is 34.8 Å². The van der Waals surface area contributed by atoms with Crippen molar-refractivity contribution in [2.75, 3.05) is 5.32 Å². The van der Waals surface area contributed by atoms with Gasteiger partial charge in [-0.15, -0.1) is 0 Å². The predicted octanol–water partition coefficient (Wildman–Crippen LogP) is 6.18. The standard InChI is InChI=1S/C42H38N2O7/c45-30-18-16-29(17-19-30)37-42(31-25-26(15-20-32(31)43-40(42)49)21-24-41(50)22-9-1-2-10-23-41)33(38(46)47)35-39(48)51-36(28-13-7-4-8-14-28)34(44(35)37)27-11-5-3-6-12-27/h3-8,11-20,25,33-37,45,50H,1-2,9-10,22-23H2,(H,43,49)(H,46,47). The first-order valence-corrected chi connectivity index (χ1v) is 17.5. The molecular weight excluding hydrogens is 644 g/mol. The van der Waals surface area contributed by atoms with Gasteiger partial charge in [-0.05, 0) is 78.3 Å². The smallest absolute Gasteiger partial charge is 0.325 e. The normalized spacial score (nSPS) is 28.1. The van der Waals surface area contributed by atoms with Crippen LogP contribution in [0.5, 0.6) is 5.75 Å². The molecule has 2 saturated heterocycles. The van der Waals surface area contributed by atoms with E-state index < -0.39 is 59.0 Å². The fourth-order valence-electron chi connectivity index (χ4n) is 8.93. The van der Waals surface area contributed by atoms with E-state index in [1.165, 1.54) is 12.1 Å². The number of hydrogen-bond acceptors (Lipinski definition) is 7. The summed E-state index contributed by atoms with van der Waals surface area (Å²) in [6, 6.07) is 27.3. The van der Waals surface area contributed by atoms with E-state index in [4.69, 9.17) is 4.74 Å². The van der Waals surface area contributed by atoms with Gasteiger partial charge in [-0.25, -0.2) is 0 Å². The number of carboxylic acid groups (broad SMARTS) is 1. The molecule has 6 unspecified atom stereocenters. The first-order chi connectivity index (χ1) is 24.7. The molecule has 4 aliphatic rings. The molecule has 3 aliphatic heterocycles. The van der Waals surface area contributed by atoms with Crippen molar-refractivity contribution in [3.63, 3.8) is 0 Å². The highest BCUT2D eigenvalue weighted by molar-refractivity contribution is 6.11. The second-order valence-corrected chi connectivity index (χ2v) is 14.1. The number of nitrogens with one attached hydrogen (secondary N) is 1. The number of carboxylic acids is 1. The minimum atomic E-state index is -1.82. The molecule has 0 bridgehead atoms. The SMILES string of the molecule is O=C1OC(c2ccccc2)C(c2ccccc2)N2C1C(C(=O)O)C1(C(=O)Nc3ccc(C#CC4(O)CCCCCC4)cc31)C2c1ccc(O)cc1. The Kier molecular flexibility index (Phi) is 8.17. The summed E-state index contributed by atoms with van der Waals surface area (Å²) in [4.78, 5) is 44.8. The Morgan fingerprint density at radius 1 is 0.804 bits per heavy atom. The zero-order chi connectivity index (χ0) is 35.3. The number of ether oxygens (including phenoxy) is 1. The number of carbonyl (C=O) groups excluding carboxylic acids is 2. The van der Waals surface area contributed by atoms with Crippen LogP contribution in [0.4, 0.5) is 5.69 Å². The molecule has 1 saturated carbocycles. The van der Waals surface area contributed by atoms with E-state index in [2.05, 4.69) is 17.2 Å². The molecule has 1 spiro atoms. The molecule has 1 aliphatic carbocycles. The number of fused-ring (bicyclic) bond motifs is 3. The first-order valence-electron chi connectivity index (χ1n) is 17.5. The van der Waals surface area contributed by atoms with Gasteiger partial charge in [-0.2, -0.15) is 0 Å². The van der Waals surface area contributed by atoms with Crippen LogP contribution in [-0.2, 0) is 24.5 Å². The lowest BCUT2D eigenvalue weighted by Gasteiger charge is -2.46. The van der Waals surface area contributed by atoms with Gasteiger partial charge in [-0.1, -0.05) is 97.5 Å². The third-order valence-corrected chi connectivity index (χ3v) is 11.2. The molecule has 0 radical (unpaired) electrons. The Morgan fingerprint density at radius 3 is 2.10 bits per heavy atom. The molecule has 9 heteroatoms. The number of phenols is 1. The maximum Gasteiger partial charge on any atom is 0.325 e. The van der Waals surface area contributed by atoms with Gasteiger partial charge in [0, 0.05) is 11.3 Å². The van der Waals surface area contributed by atoms with Crippen molar-refractivity contribution in [2.45, 2.75) is 73.8 Å². The highest BCUT2D eigenvalue weighted by Crippen LogP contribution is 2.64. The highest BCUT2D eigenvalue weighted by atomic mass is 16.6. The van der Waals surface area contributed by atoms with Crippen LogP contribution in [0.1, 0.15) is 84.5 Å². The average molecular weight is 683 g/mol. The number of benzene rings is 4. The number of cyclic esters (lactones) is 1. The van der Waals surface area contributed by atoms with E-state index in [0.717, 1.165) is 36.8 Å². The molecule has 51 heavy (non-hydrogen) atoms. The van der Waals surface area contributed by atoms with Crippen molar-refractivity contribution in [3.8, 4) is 17.6 Å². The maximum atomic E-state index is 14.8. The summed E-state index contributed by atoms with van der Waals surface area (Å²) < 4.78 is 6.25.